The molecule has 5 nitrogen and oxygen atoms in total. The summed E-state index contributed by atoms with van der Waals surface area (Å²) < 4.78 is 6.84. The Balaban J connectivity index is 1.64. The van der Waals surface area contributed by atoms with Crippen molar-refractivity contribution < 1.29 is 4.74 Å². The lowest BCUT2D eigenvalue weighted by atomic mass is 9.99. The van der Waals surface area contributed by atoms with E-state index in [2.05, 4.69) is 35.8 Å². The molecule has 0 amide bonds. The molecule has 7 heteroatoms. The van der Waals surface area contributed by atoms with Gasteiger partial charge in [0.15, 0.2) is 5.16 Å². The monoisotopic (exact) mass is 394 g/mol. The van der Waals surface area contributed by atoms with Crippen molar-refractivity contribution in [1.82, 2.24) is 15.0 Å². The largest absolute Gasteiger partial charge is 0.493 e. The number of hydrogen-bond acceptors (Lipinski definition) is 6. The van der Waals surface area contributed by atoms with Crippen LogP contribution < -0.4 is 9.64 Å². The van der Waals surface area contributed by atoms with Gasteiger partial charge in [-0.1, -0.05) is 11.8 Å². The van der Waals surface area contributed by atoms with Crippen LogP contribution >= 0.6 is 27.7 Å². The van der Waals surface area contributed by atoms with Crippen LogP contribution in [-0.2, 0) is 0 Å². The Labute approximate surface area is 149 Å². The third-order valence-corrected chi connectivity index (χ3v) is 4.96. The molecule has 0 saturated carbocycles. The number of piperidine rings is 1. The third kappa shape index (κ3) is 4.35. The second-order valence-electron chi connectivity index (χ2n) is 5.48. The van der Waals surface area contributed by atoms with Crippen molar-refractivity contribution in [2.45, 2.75) is 18.0 Å². The lowest BCUT2D eigenvalue weighted by Gasteiger charge is -2.34. The summed E-state index contributed by atoms with van der Waals surface area (Å²) in [5.41, 5.74) is 0. The van der Waals surface area contributed by atoms with Gasteiger partial charge in [0.1, 0.15) is 11.6 Å². The summed E-state index contributed by atoms with van der Waals surface area (Å²) in [5, 5.41) is 0.804. The first-order valence-corrected chi connectivity index (χ1v) is 9.62. The molecule has 23 heavy (non-hydrogen) atoms. The molecule has 0 aromatic carbocycles. The Kier molecular flexibility index (Phi) is 5.72. The lowest BCUT2D eigenvalue weighted by Crippen LogP contribution is -2.38. The van der Waals surface area contributed by atoms with Crippen LogP contribution in [0.4, 0.5) is 5.82 Å². The Morgan fingerprint density at radius 2 is 2.22 bits per heavy atom. The van der Waals surface area contributed by atoms with Gasteiger partial charge in [-0.3, -0.25) is 4.98 Å². The van der Waals surface area contributed by atoms with Crippen LogP contribution in [-0.4, -0.2) is 40.9 Å². The molecule has 1 atom stereocenters. The van der Waals surface area contributed by atoms with Gasteiger partial charge < -0.3 is 9.64 Å². The fourth-order valence-corrected chi connectivity index (χ4v) is 3.48. The highest BCUT2D eigenvalue weighted by Gasteiger charge is 2.23. The van der Waals surface area contributed by atoms with Gasteiger partial charge in [0.25, 0.3) is 0 Å². The van der Waals surface area contributed by atoms with E-state index >= 15 is 0 Å². The summed E-state index contributed by atoms with van der Waals surface area (Å²) in [6.45, 7) is 2.70. The topological polar surface area (TPSA) is 51.1 Å². The van der Waals surface area contributed by atoms with E-state index < -0.39 is 0 Å². The van der Waals surface area contributed by atoms with Crippen LogP contribution in [0.1, 0.15) is 12.8 Å². The summed E-state index contributed by atoms with van der Waals surface area (Å²) in [7, 11) is 0. The number of rotatable bonds is 5. The molecule has 3 heterocycles. The fourth-order valence-electron chi connectivity index (χ4n) is 2.70. The van der Waals surface area contributed by atoms with E-state index in [4.69, 9.17) is 4.74 Å². The zero-order chi connectivity index (χ0) is 16.1. The third-order valence-electron chi connectivity index (χ3n) is 3.84. The molecule has 3 rings (SSSR count). The maximum Gasteiger partial charge on any atom is 0.189 e. The average Bonchev–Trinajstić information content (AvgIpc) is 2.61. The number of nitrogens with zero attached hydrogens (tertiary/aromatic N) is 4. The Morgan fingerprint density at radius 3 is 3.00 bits per heavy atom. The summed E-state index contributed by atoms with van der Waals surface area (Å²) in [4.78, 5) is 15.3. The second-order valence-corrected chi connectivity index (χ2v) is 7.10. The van der Waals surface area contributed by atoms with E-state index in [1.807, 2.05) is 24.6 Å². The maximum atomic E-state index is 5.89. The molecular weight excluding hydrogens is 376 g/mol. The molecule has 0 bridgehead atoms. The highest BCUT2D eigenvalue weighted by Crippen LogP contribution is 2.29. The molecule has 1 unspecified atom stereocenters. The van der Waals surface area contributed by atoms with Crippen LogP contribution in [0.25, 0.3) is 0 Å². The van der Waals surface area contributed by atoms with Crippen LogP contribution in [0, 0.1) is 5.92 Å². The molecule has 0 N–H and O–H groups in total. The SMILES string of the molecule is CSc1ncc(Br)c(N2CCCC(COc3ccncc3)C2)n1. The minimum Gasteiger partial charge on any atom is -0.493 e. The number of pyridine rings is 1. The number of aromatic nitrogens is 3. The number of hydrogen-bond donors (Lipinski definition) is 0. The van der Waals surface area contributed by atoms with Crippen LogP contribution in [0.15, 0.2) is 40.4 Å². The molecule has 0 aliphatic carbocycles. The van der Waals surface area contributed by atoms with Crippen LogP contribution in [0.3, 0.4) is 0 Å². The fraction of sp³-hybridized carbons (Fsp3) is 0.438. The summed E-state index contributed by atoms with van der Waals surface area (Å²) >= 11 is 5.14. The zero-order valence-corrected chi connectivity index (χ0v) is 15.4. The minimum atomic E-state index is 0.497. The molecule has 1 aliphatic heterocycles. The first kappa shape index (κ1) is 16.5. The van der Waals surface area contributed by atoms with Gasteiger partial charge in [-0.15, -0.1) is 0 Å². The smallest absolute Gasteiger partial charge is 0.189 e. The Hall–Kier alpha value is -1.34. The number of ether oxygens (including phenoxy) is 1. The van der Waals surface area contributed by atoms with Gasteiger partial charge in [0.2, 0.25) is 0 Å². The highest BCUT2D eigenvalue weighted by molar-refractivity contribution is 9.10. The van der Waals surface area contributed by atoms with E-state index in [-0.39, 0.29) is 0 Å². The molecule has 0 spiro atoms. The molecular formula is C16H19BrN4OS. The molecule has 122 valence electrons. The van der Waals surface area contributed by atoms with Gasteiger partial charge in [-0.05, 0) is 47.2 Å². The molecule has 1 fully saturated rings. The normalized spacial score (nSPS) is 18.0. The number of anilines is 1. The van der Waals surface area contributed by atoms with E-state index in [9.17, 15) is 0 Å². The predicted octanol–water partition coefficient (Wildman–Crippen LogP) is 3.65. The minimum absolute atomic E-state index is 0.497. The number of halogens is 1. The first-order valence-electron chi connectivity index (χ1n) is 7.60. The second kappa shape index (κ2) is 7.97. The Morgan fingerprint density at radius 1 is 1.39 bits per heavy atom. The van der Waals surface area contributed by atoms with E-state index in [0.717, 1.165) is 47.3 Å². The van der Waals surface area contributed by atoms with E-state index in [0.29, 0.717) is 5.92 Å². The molecule has 1 aliphatic rings. The average molecular weight is 395 g/mol. The van der Waals surface area contributed by atoms with Crippen molar-refractivity contribution in [3.8, 4) is 5.75 Å². The predicted molar refractivity (Wildman–Crippen MR) is 96.2 cm³/mol. The van der Waals surface area contributed by atoms with Gasteiger partial charge in [0, 0.05) is 37.6 Å². The van der Waals surface area contributed by atoms with E-state index in [1.54, 1.807) is 24.2 Å². The van der Waals surface area contributed by atoms with Gasteiger partial charge in [0.05, 0.1) is 11.1 Å². The summed E-state index contributed by atoms with van der Waals surface area (Å²) in [5.74, 6) is 2.36. The lowest BCUT2D eigenvalue weighted by molar-refractivity contribution is 0.228. The Bertz CT molecular complexity index is 643. The number of thioether (sulfide) groups is 1. The van der Waals surface area contributed by atoms with Crippen molar-refractivity contribution in [3.05, 3.63) is 35.2 Å². The van der Waals surface area contributed by atoms with Crippen LogP contribution in [0.5, 0.6) is 5.75 Å². The summed E-state index contributed by atoms with van der Waals surface area (Å²) in [6.07, 6.45) is 9.67. The van der Waals surface area contributed by atoms with Gasteiger partial charge in [-0.2, -0.15) is 0 Å². The zero-order valence-electron chi connectivity index (χ0n) is 13.0. The molecule has 0 radical (unpaired) electrons. The highest BCUT2D eigenvalue weighted by atomic mass is 79.9. The van der Waals surface area contributed by atoms with Crippen molar-refractivity contribution in [1.29, 1.82) is 0 Å². The standard InChI is InChI=1S/C16H19BrN4OS/c1-23-16-19-9-14(17)15(20-16)21-8-2-3-12(10-21)11-22-13-4-6-18-7-5-13/h4-7,9,12H,2-3,8,10-11H2,1H3. The quantitative estimate of drug-likeness (QED) is 0.569. The van der Waals surface area contributed by atoms with Crippen LogP contribution in [0.2, 0.25) is 0 Å². The molecule has 2 aromatic heterocycles. The van der Waals surface area contributed by atoms with Gasteiger partial charge in [-0.25, -0.2) is 9.97 Å². The first-order chi connectivity index (χ1) is 11.3. The molecule has 2 aromatic rings. The van der Waals surface area contributed by atoms with Crippen molar-refractivity contribution in [2.24, 2.45) is 5.92 Å². The van der Waals surface area contributed by atoms with Gasteiger partial charge >= 0.3 is 0 Å². The van der Waals surface area contributed by atoms with Crippen molar-refractivity contribution in [3.63, 3.8) is 0 Å². The van der Waals surface area contributed by atoms with Crippen molar-refractivity contribution in [2.75, 3.05) is 30.9 Å². The van der Waals surface area contributed by atoms with E-state index in [1.165, 1.54) is 6.42 Å². The summed E-state index contributed by atoms with van der Waals surface area (Å²) in [6, 6.07) is 3.79. The maximum absolute atomic E-state index is 5.89. The molecule has 1 saturated heterocycles. The van der Waals surface area contributed by atoms with Crippen molar-refractivity contribution >= 4 is 33.5 Å².